The van der Waals surface area contributed by atoms with Crippen LogP contribution in [0.3, 0.4) is 0 Å². The van der Waals surface area contributed by atoms with E-state index in [0.29, 0.717) is 5.92 Å². The average Bonchev–Trinajstić information content (AvgIpc) is 2.75. The van der Waals surface area contributed by atoms with Crippen LogP contribution in [-0.2, 0) is 0 Å². The van der Waals surface area contributed by atoms with Crippen molar-refractivity contribution in [2.24, 2.45) is 0 Å². The summed E-state index contributed by atoms with van der Waals surface area (Å²) in [5.74, 6) is 0.487. The summed E-state index contributed by atoms with van der Waals surface area (Å²) in [4.78, 5) is 10.5. The van der Waals surface area contributed by atoms with Crippen molar-refractivity contribution in [3.8, 4) is 0 Å². The van der Waals surface area contributed by atoms with Gasteiger partial charge in [0.15, 0.2) is 0 Å². The molecular formula is C9H12N2O2. The van der Waals surface area contributed by atoms with Crippen molar-refractivity contribution in [2.45, 2.75) is 31.6 Å². The van der Waals surface area contributed by atoms with Crippen LogP contribution in [0.15, 0.2) is 12.3 Å². The van der Waals surface area contributed by atoms with Crippen molar-refractivity contribution in [1.82, 2.24) is 9.78 Å². The molecule has 0 unspecified atom stereocenters. The van der Waals surface area contributed by atoms with Crippen LogP contribution < -0.4 is 0 Å². The normalized spacial score (nSPS) is 17.8. The van der Waals surface area contributed by atoms with Gasteiger partial charge in [-0.1, -0.05) is 12.8 Å². The van der Waals surface area contributed by atoms with E-state index in [4.69, 9.17) is 5.11 Å². The summed E-state index contributed by atoms with van der Waals surface area (Å²) in [5.41, 5.74) is 0.930. The Labute approximate surface area is 76.2 Å². The third-order valence-corrected chi connectivity index (χ3v) is 2.58. The maximum Gasteiger partial charge on any atom is 0.432 e. The summed E-state index contributed by atoms with van der Waals surface area (Å²) in [7, 11) is 0. The molecule has 0 amide bonds. The Kier molecular flexibility index (Phi) is 2.04. The van der Waals surface area contributed by atoms with Gasteiger partial charge in [0, 0.05) is 12.1 Å². The first-order valence-electron chi connectivity index (χ1n) is 4.56. The van der Waals surface area contributed by atoms with Gasteiger partial charge in [-0.3, -0.25) is 0 Å². The van der Waals surface area contributed by atoms with E-state index in [1.54, 1.807) is 0 Å². The molecule has 0 bridgehead atoms. The predicted octanol–water partition coefficient (Wildman–Crippen LogP) is 2.07. The zero-order chi connectivity index (χ0) is 9.26. The maximum absolute atomic E-state index is 10.5. The van der Waals surface area contributed by atoms with Crippen LogP contribution in [0.5, 0.6) is 0 Å². The van der Waals surface area contributed by atoms with Gasteiger partial charge in [0.1, 0.15) is 0 Å². The van der Waals surface area contributed by atoms with Crippen LogP contribution in [0, 0.1) is 0 Å². The van der Waals surface area contributed by atoms with Gasteiger partial charge in [-0.2, -0.15) is 9.78 Å². The summed E-state index contributed by atoms with van der Waals surface area (Å²) < 4.78 is 0.980. The number of aromatic nitrogens is 2. The molecule has 0 spiro atoms. The summed E-state index contributed by atoms with van der Waals surface area (Å²) in [5, 5.41) is 12.7. The molecule has 4 heteroatoms. The molecular weight excluding hydrogens is 168 g/mol. The monoisotopic (exact) mass is 180 g/mol. The van der Waals surface area contributed by atoms with E-state index in [-0.39, 0.29) is 0 Å². The van der Waals surface area contributed by atoms with Gasteiger partial charge in [0.05, 0.1) is 5.69 Å². The Morgan fingerprint density at radius 3 is 2.77 bits per heavy atom. The molecule has 1 aliphatic rings. The van der Waals surface area contributed by atoms with Crippen molar-refractivity contribution >= 4 is 6.09 Å². The fraction of sp³-hybridized carbons (Fsp3) is 0.556. The lowest BCUT2D eigenvalue weighted by Crippen LogP contribution is -2.09. The maximum atomic E-state index is 10.5. The molecule has 13 heavy (non-hydrogen) atoms. The molecule has 1 saturated carbocycles. The van der Waals surface area contributed by atoms with E-state index >= 15 is 0 Å². The van der Waals surface area contributed by atoms with E-state index in [0.717, 1.165) is 23.2 Å². The fourth-order valence-corrected chi connectivity index (χ4v) is 1.88. The van der Waals surface area contributed by atoms with Crippen LogP contribution in [0.1, 0.15) is 37.3 Å². The van der Waals surface area contributed by atoms with E-state index in [9.17, 15) is 4.79 Å². The van der Waals surface area contributed by atoms with Crippen LogP contribution in [-0.4, -0.2) is 21.0 Å². The summed E-state index contributed by atoms with van der Waals surface area (Å²) in [6.45, 7) is 0. The SMILES string of the molecule is O=C(O)n1ccc(C2CCCC2)n1. The molecule has 1 heterocycles. The second-order valence-corrected chi connectivity index (χ2v) is 3.45. The number of rotatable bonds is 1. The molecule has 70 valence electrons. The van der Waals surface area contributed by atoms with Gasteiger partial charge in [-0.05, 0) is 18.9 Å². The van der Waals surface area contributed by atoms with Crippen molar-refractivity contribution in [1.29, 1.82) is 0 Å². The van der Waals surface area contributed by atoms with Crippen molar-refractivity contribution in [2.75, 3.05) is 0 Å². The van der Waals surface area contributed by atoms with Gasteiger partial charge >= 0.3 is 6.09 Å². The van der Waals surface area contributed by atoms with Gasteiger partial charge in [0.25, 0.3) is 0 Å². The van der Waals surface area contributed by atoms with Crippen molar-refractivity contribution in [3.05, 3.63) is 18.0 Å². The number of carbonyl (C=O) groups is 1. The molecule has 1 fully saturated rings. The fourth-order valence-electron chi connectivity index (χ4n) is 1.88. The standard InChI is InChI=1S/C9H12N2O2/c12-9(13)11-6-5-8(10-11)7-3-1-2-4-7/h5-7H,1-4H2,(H,12,13). The Bertz CT molecular complexity index is 313. The Balaban J connectivity index is 2.16. The molecule has 1 aromatic heterocycles. The van der Waals surface area contributed by atoms with Gasteiger partial charge < -0.3 is 5.11 Å². The predicted molar refractivity (Wildman–Crippen MR) is 46.9 cm³/mol. The smallest absolute Gasteiger partial charge is 0.432 e. The van der Waals surface area contributed by atoms with E-state index in [1.807, 2.05) is 6.07 Å². The molecule has 1 aromatic rings. The Morgan fingerprint density at radius 2 is 2.23 bits per heavy atom. The van der Waals surface area contributed by atoms with Crippen molar-refractivity contribution in [3.63, 3.8) is 0 Å². The van der Waals surface area contributed by atoms with Crippen LogP contribution in [0.25, 0.3) is 0 Å². The lowest BCUT2D eigenvalue weighted by molar-refractivity contribution is 0.192. The minimum atomic E-state index is -1.01. The Morgan fingerprint density at radius 1 is 1.54 bits per heavy atom. The summed E-state index contributed by atoms with van der Waals surface area (Å²) in [6, 6.07) is 1.81. The van der Waals surface area contributed by atoms with Crippen LogP contribution in [0.4, 0.5) is 4.79 Å². The van der Waals surface area contributed by atoms with Gasteiger partial charge in [-0.15, -0.1) is 0 Å². The number of hydrogen-bond acceptors (Lipinski definition) is 2. The second kappa shape index (κ2) is 3.20. The number of hydrogen-bond donors (Lipinski definition) is 1. The summed E-state index contributed by atoms with van der Waals surface area (Å²) in [6.07, 6.45) is 5.28. The van der Waals surface area contributed by atoms with Gasteiger partial charge in [-0.25, -0.2) is 4.79 Å². The molecule has 1 aliphatic carbocycles. The first kappa shape index (κ1) is 8.29. The first-order valence-corrected chi connectivity index (χ1v) is 4.56. The lowest BCUT2D eigenvalue weighted by atomic mass is 10.1. The molecule has 2 rings (SSSR count). The minimum Gasteiger partial charge on any atom is -0.463 e. The second-order valence-electron chi connectivity index (χ2n) is 3.45. The first-order chi connectivity index (χ1) is 6.27. The molecule has 0 aromatic carbocycles. The largest absolute Gasteiger partial charge is 0.463 e. The highest BCUT2D eigenvalue weighted by atomic mass is 16.4. The molecule has 0 aliphatic heterocycles. The summed E-state index contributed by atoms with van der Waals surface area (Å²) >= 11 is 0. The highest BCUT2D eigenvalue weighted by Gasteiger charge is 2.19. The van der Waals surface area contributed by atoms with E-state index in [1.165, 1.54) is 19.0 Å². The minimum absolute atomic E-state index is 0.487. The zero-order valence-electron chi connectivity index (χ0n) is 7.31. The lowest BCUT2D eigenvalue weighted by Gasteiger charge is -2.02. The molecule has 0 radical (unpaired) electrons. The third kappa shape index (κ3) is 1.56. The third-order valence-electron chi connectivity index (χ3n) is 2.58. The molecule has 4 nitrogen and oxygen atoms in total. The molecule has 0 atom stereocenters. The molecule has 0 saturated heterocycles. The average molecular weight is 180 g/mol. The highest BCUT2D eigenvalue weighted by molar-refractivity contribution is 5.66. The van der Waals surface area contributed by atoms with Crippen LogP contribution >= 0.6 is 0 Å². The number of nitrogens with zero attached hydrogens (tertiary/aromatic N) is 2. The quantitative estimate of drug-likeness (QED) is 0.719. The zero-order valence-corrected chi connectivity index (χ0v) is 7.31. The Hall–Kier alpha value is -1.32. The van der Waals surface area contributed by atoms with Gasteiger partial charge in [0.2, 0.25) is 0 Å². The number of carboxylic acid groups (broad SMARTS) is 1. The topological polar surface area (TPSA) is 55.1 Å². The van der Waals surface area contributed by atoms with Crippen LogP contribution in [0.2, 0.25) is 0 Å². The van der Waals surface area contributed by atoms with E-state index < -0.39 is 6.09 Å². The van der Waals surface area contributed by atoms with Crippen molar-refractivity contribution < 1.29 is 9.90 Å². The van der Waals surface area contributed by atoms with E-state index in [2.05, 4.69) is 5.10 Å². The highest BCUT2D eigenvalue weighted by Crippen LogP contribution is 2.32. The molecule has 1 N–H and O–H groups in total.